The van der Waals surface area contributed by atoms with E-state index in [1.165, 1.54) is 0 Å². The zero-order chi connectivity index (χ0) is 26.7. The number of ketones is 1. The summed E-state index contributed by atoms with van der Waals surface area (Å²) in [5.41, 5.74) is 5.04. The minimum Gasteiger partial charge on any atom is -0.356 e. The van der Waals surface area contributed by atoms with Crippen molar-refractivity contribution >= 4 is 29.5 Å². The van der Waals surface area contributed by atoms with E-state index in [0.717, 1.165) is 0 Å². The topological polar surface area (TPSA) is 159 Å². The van der Waals surface area contributed by atoms with E-state index >= 15 is 0 Å². The molecular formula is C24H47N5O5. The largest absolute Gasteiger partial charge is 0.356 e. The number of amides is 5. The Morgan fingerprint density at radius 1 is 0.794 bits per heavy atom. The van der Waals surface area contributed by atoms with Crippen molar-refractivity contribution in [1.29, 1.82) is 0 Å². The Morgan fingerprint density at radius 2 is 1.38 bits per heavy atom. The zero-order valence-corrected chi connectivity index (χ0v) is 22.1. The quantitative estimate of drug-likeness (QED) is 0.211. The van der Waals surface area contributed by atoms with E-state index in [1.807, 2.05) is 27.7 Å². The first kappa shape index (κ1) is 33.5. The van der Waals surface area contributed by atoms with E-state index < -0.39 is 24.0 Å². The molecule has 0 saturated heterocycles. The molecule has 5 amide bonds. The van der Waals surface area contributed by atoms with Gasteiger partial charge < -0.3 is 27.0 Å². The van der Waals surface area contributed by atoms with Crippen molar-refractivity contribution in [2.45, 2.75) is 99.1 Å². The molecule has 0 saturated carbocycles. The van der Waals surface area contributed by atoms with Crippen molar-refractivity contribution in [3.05, 3.63) is 0 Å². The van der Waals surface area contributed by atoms with Crippen LogP contribution in [-0.2, 0) is 19.2 Å². The monoisotopic (exact) mass is 485 g/mol. The summed E-state index contributed by atoms with van der Waals surface area (Å²) in [5, 5.41) is 10.8. The molecule has 0 aliphatic heterocycles. The third-order valence-electron chi connectivity index (χ3n) is 4.94. The Bertz CT molecular complexity index is 637. The number of nitrogens with two attached hydrogens (primary N) is 1. The molecule has 10 nitrogen and oxygen atoms in total. The van der Waals surface area contributed by atoms with Gasteiger partial charge in [-0.1, -0.05) is 48.5 Å². The molecule has 10 heteroatoms. The Hall–Kier alpha value is -2.65. The van der Waals surface area contributed by atoms with Gasteiger partial charge in [0.1, 0.15) is 6.04 Å². The van der Waals surface area contributed by atoms with Crippen LogP contribution in [-0.4, -0.2) is 54.7 Å². The predicted molar refractivity (Wildman–Crippen MR) is 134 cm³/mol. The summed E-state index contributed by atoms with van der Waals surface area (Å²) >= 11 is 0. The number of urea groups is 1. The molecule has 0 radical (unpaired) electrons. The van der Waals surface area contributed by atoms with Crippen molar-refractivity contribution in [3.8, 4) is 0 Å². The molecule has 0 fully saturated rings. The van der Waals surface area contributed by atoms with Crippen molar-refractivity contribution < 1.29 is 24.0 Å². The SMILES string of the molecule is CC.CCC(=O)NCCCCC(=O)NC(C(=O)N[C@@H](CCCNC(N)=O)C(=O)C(C)C)C(C)C. The molecule has 0 aliphatic carbocycles. The van der Waals surface area contributed by atoms with Gasteiger partial charge >= 0.3 is 6.03 Å². The van der Waals surface area contributed by atoms with Crippen molar-refractivity contribution in [1.82, 2.24) is 21.3 Å². The number of unbranched alkanes of at least 4 members (excludes halogenated alkanes) is 1. The first-order valence-corrected chi connectivity index (χ1v) is 12.4. The lowest BCUT2D eigenvalue weighted by atomic mass is 9.96. The van der Waals surface area contributed by atoms with Gasteiger partial charge in [0.05, 0.1) is 6.04 Å². The molecule has 0 aromatic rings. The highest BCUT2D eigenvalue weighted by molar-refractivity contribution is 5.93. The van der Waals surface area contributed by atoms with Gasteiger partial charge in [0, 0.05) is 31.8 Å². The first-order valence-electron chi connectivity index (χ1n) is 12.4. The fourth-order valence-corrected chi connectivity index (χ4v) is 3.01. The fraction of sp³-hybridized carbons (Fsp3) is 0.792. The van der Waals surface area contributed by atoms with Crippen LogP contribution in [0.1, 0.15) is 87.0 Å². The molecular weight excluding hydrogens is 438 g/mol. The maximum Gasteiger partial charge on any atom is 0.312 e. The second-order valence-electron chi connectivity index (χ2n) is 8.50. The van der Waals surface area contributed by atoms with E-state index in [2.05, 4.69) is 21.3 Å². The highest BCUT2D eigenvalue weighted by Crippen LogP contribution is 2.09. The molecule has 0 rings (SSSR count). The van der Waals surface area contributed by atoms with Gasteiger partial charge in [-0.05, 0) is 31.6 Å². The molecule has 0 aromatic heterocycles. The maximum absolute atomic E-state index is 12.9. The third kappa shape index (κ3) is 16.0. The second-order valence-corrected chi connectivity index (χ2v) is 8.50. The molecule has 6 N–H and O–H groups in total. The molecule has 0 bridgehead atoms. The maximum atomic E-state index is 12.9. The number of carbonyl (C=O) groups excluding carboxylic acids is 5. The van der Waals surface area contributed by atoms with Crippen LogP contribution in [0, 0.1) is 11.8 Å². The highest BCUT2D eigenvalue weighted by Gasteiger charge is 2.29. The van der Waals surface area contributed by atoms with E-state index in [-0.39, 0.29) is 35.9 Å². The average Bonchev–Trinajstić information content (AvgIpc) is 2.79. The van der Waals surface area contributed by atoms with E-state index in [0.29, 0.717) is 45.2 Å². The standard InChI is InChI=1S/C22H41N5O5.C2H6/c1-6-17(28)24-12-8-7-11-18(29)27-19(14(2)3)21(31)26-16(20(30)15(4)5)10-9-13-25-22(23)32;1-2/h14-16,19H,6-13H2,1-5H3,(H,24,28)(H,26,31)(H,27,29)(H3,23,25,32);1-2H3/t16-,19?;/m0./s1. The Balaban J connectivity index is 0. The van der Waals surface area contributed by atoms with Gasteiger partial charge in [-0.2, -0.15) is 0 Å². The molecule has 1 unspecified atom stereocenters. The minimum absolute atomic E-state index is 0.0260. The number of carbonyl (C=O) groups is 5. The van der Waals surface area contributed by atoms with Gasteiger partial charge in [0.2, 0.25) is 17.7 Å². The molecule has 2 atom stereocenters. The van der Waals surface area contributed by atoms with Crippen molar-refractivity contribution in [2.75, 3.05) is 13.1 Å². The molecule has 0 aromatic carbocycles. The van der Waals surface area contributed by atoms with E-state index in [1.54, 1.807) is 20.8 Å². The number of hydrogen-bond donors (Lipinski definition) is 5. The lowest BCUT2D eigenvalue weighted by Crippen LogP contribution is -2.54. The summed E-state index contributed by atoms with van der Waals surface area (Å²) in [6, 6.07) is -2.12. The normalized spacial score (nSPS) is 12.1. The Morgan fingerprint density at radius 3 is 1.88 bits per heavy atom. The van der Waals surface area contributed by atoms with Crippen LogP contribution in [0.25, 0.3) is 0 Å². The minimum atomic E-state index is -0.770. The number of hydrogen-bond acceptors (Lipinski definition) is 5. The van der Waals surface area contributed by atoms with Crippen LogP contribution in [0.3, 0.4) is 0 Å². The third-order valence-corrected chi connectivity index (χ3v) is 4.94. The van der Waals surface area contributed by atoms with E-state index in [9.17, 15) is 24.0 Å². The summed E-state index contributed by atoms with van der Waals surface area (Å²) in [5.74, 6) is -1.25. The molecule has 198 valence electrons. The molecule has 0 aliphatic rings. The summed E-state index contributed by atoms with van der Waals surface area (Å²) < 4.78 is 0. The zero-order valence-electron chi connectivity index (χ0n) is 22.1. The fourth-order valence-electron chi connectivity index (χ4n) is 3.01. The van der Waals surface area contributed by atoms with Gasteiger partial charge in [-0.25, -0.2) is 4.79 Å². The Kier molecular flexibility index (Phi) is 19.5. The smallest absolute Gasteiger partial charge is 0.312 e. The first-order chi connectivity index (χ1) is 16.0. The van der Waals surface area contributed by atoms with Crippen LogP contribution < -0.4 is 27.0 Å². The van der Waals surface area contributed by atoms with Gasteiger partial charge in [-0.15, -0.1) is 0 Å². The van der Waals surface area contributed by atoms with Crippen LogP contribution in [0.15, 0.2) is 0 Å². The average molecular weight is 486 g/mol. The van der Waals surface area contributed by atoms with Crippen LogP contribution in [0.5, 0.6) is 0 Å². The highest BCUT2D eigenvalue weighted by atomic mass is 16.2. The molecule has 34 heavy (non-hydrogen) atoms. The van der Waals surface area contributed by atoms with E-state index in [4.69, 9.17) is 5.73 Å². The number of nitrogens with one attached hydrogen (secondary N) is 4. The summed E-state index contributed by atoms with van der Waals surface area (Å²) in [7, 11) is 0. The number of primary amides is 1. The summed E-state index contributed by atoms with van der Waals surface area (Å²) in [6.07, 6.45) is 2.75. The molecule has 0 heterocycles. The van der Waals surface area contributed by atoms with Crippen molar-refractivity contribution in [2.24, 2.45) is 17.6 Å². The van der Waals surface area contributed by atoms with Gasteiger partial charge in [0.15, 0.2) is 5.78 Å². The Labute approximate surface area is 204 Å². The summed E-state index contributed by atoms with van der Waals surface area (Å²) in [4.78, 5) is 59.8. The predicted octanol–water partition coefficient (Wildman–Crippen LogP) is 2.01. The molecule has 0 spiro atoms. The van der Waals surface area contributed by atoms with Crippen LogP contribution in [0.4, 0.5) is 4.79 Å². The van der Waals surface area contributed by atoms with Gasteiger partial charge in [-0.3, -0.25) is 19.2 Å². The van der Waals surface area contributed by atoms with Gasteiger partial charge in [0.25, 0.3) is 0 Å². The van der Waals surface area contributed by atoms with Crippen LogP contribution >= 0.6 is 0 Å². The lowest BCUT2D eigenvalue weighted by molar-refractivity contribution is -0.133. The van der Waals surface area contributed by atoms with Crippen LogP contribution in [0.2, 0.25) is 0 Å². The summed E-state index contributed by atoms with van der Waals surface area (Å²) in [6.45, 7) is 13.7. The second kappa shape index (κ2) is 19.8. The number of Topliss-reactive ketones (excluding diaryl/α,β-unsaturated/α-hetero) is 1. The lowest BCUT2D eigenvalue weighted by Gasteiger charge is -2.26. The number of rotatable bonds is 16. The van der Waals surface area contributed by atoms with Crippen molar-refractivity contribution in [3.63, 3.8) is 0 Å².